The van der Waals surface area contributed by atoms with Crippen molar-refractivity contribution in [3.05, 3.63) is 92.8 Å². The minimum Gasteiger partial charge on any atom is -0.490 e. The third-order valence-corrected chi connectivity index (χ3v) is 7.10. The van der Waals surface area contributed by atoms with E-state index >= 15 is 0 Å². The van der Waals surface area contributed by atoms with Gasteiger partial charge in [0.05, 0.1) is 18.1 Å². The Hall–Kier alpha value is -3.56. The Labute approximate surface area is 228 Å². The molecule has 0 radical (unpaired) electrons. The molecule has 37 heavy (non-hydrogen) atoms. The molecule has 1 aliphatic heterocycles. The summed E-state index contributed by atoms with van der Waals surface area (Å²) in [5, 5.41) is 2.47. The van der Waals surface area contributed by atoms with Crippen LogP contribution in [0.4, 0.5) is 10.5 Å². The molecule has 3 aromatic rings. The van der Waals surface area contributed by atoms with Crippen LogP contribution in [0, 0.1) is 6.92 Å². The van der Waals surface area contributed by atoms with Crippen molar-refractivity contribution in [1.29, 1.82) is 0 Å². The predicted octanol–water partition coefficient (Wildman–Crippen LogP) is 6.41. The van der Waals surface area contributed by atoms with Gasteiger partial charge in [0.25, 0.3) is 17.1 Å². The lowest BCUT2D eigenvalue weighted by Crippen LogP contribution is -2.27. The van der Waals surface area contributed by atoms with Gasteiger partial charge in [0, 0.05) is 10.2 Å². The van der Waals surface area contributed by atoms with Gasteiger partial charge in [0.2, 0.25) is 0 Å². The Morgan fingerprint density at radius 1 is 1.03 bits per heavy atom. The zero-order chi connectivity index (χ0) is 26.4. The predicted molar refractivity (Wildman–Crippen MR) is 149 cm³/mol. The van der Waals surface area contributed by atoms with Gasteiger partial charge in [-0.3, -0.25) is 19.3 Å². The van der Waals surface area contributed by atoms with Gasteiger partial charge in [-0.1, -0.05) is 57.9 Å². The van der Waals surface area contributed by atoms with Gasteiger partial charge in [-0.15, -0.1) is 0 Å². The van der Waals surface area contributed by atoms with Crippen molar-refractivity contribution in [3.63, 3.8) is 0 Å². The molecule has 3 amide bonds. The van der Waals surface area contributed by atoms with E-state index in [4.69, 9.17) is 9.47 Å². The Balaban J connectivity index is 1.44. The van der Waals surface area contributed by atoms with Crippen LogP contribution < -0.4 is 14.8 Å². The third kappa shape index (κ3) is 6.81. The summed E-state index contributed by atoms with van der Waals surface area (Å²) >= 11 is 4.36. The molecule has 0 unspecified atom stereocenters. The minimum absolute atomic E-state index is 0.186. The molecule has 9 heteroatoms. The topological polar surface area (TPSA) is 84.9 Å². The molecule has 3 aromatic carbocycles. The summed E-state index contributed by atoms with van der Waals surface area (Å²) in [5.74, 6) is 0.192. The van der Waals surface area contributed by atoms with E-state index in [-0.39, 0.29) is 30.2 Å². The molecule has 4 rings (SSSR count). The van der Waals surface area contributed by atoms with Crippen molar-refractivity contribution in [2.75, 3.05) is 18.5 Å². The fourth-order valence-corrected chi connectivity index (χ4v) is 4.81. The number of amides is 3. The number of halogens is 1. The van der Waals surface area contributed by atoms with Gasteiger partial charge >= 0.3 is 0 Å². The van der Waals surface area contributed by atoms with Crippen LogP contribution in [0.1, 0.15) is 23.6 Å². The zero-order valence-electron chi connectivity index (χ0n) is 20.3. The Morgan fingerprint density at radius 2 is 1.78 bits per heavy atom. The maximum absolute atomic E-state index is 13.0. The van der Waals surface area contributed by atoms with Crippen molar-refractivity contribution >= 4 is 56.5 Å². The standard InChI is InChI=1S/C28H25BrN2O5S/c1-3-35-24-14-19(10-13-23(24)36-17-26(32)30-21-11-8-18(2)9-12-21)15-25-27(33)31(28(34)37-25)16-20-6-4-5-7-22(20)29/h4-15H,3,16-17H2,1-2H3,(H,30,32)/b25-15-. The van der Waals surface area contributed by atoms with Crippen molar-refractivity contribution in [3.8, 4) is 11.5 Å². The maximum Gasteiger partial charge on any atom is 0.293 e. The molecule has 1 fully saturated rings. The van der Waals surface area contributed by atoms with Crippen molar-refractivity contribution in [2.24, 2.45) is 0 Å². The van der Waals surface area contributed by atoms with E-state index in [0.29, 0.717) is 34.3 Å². The fourth-order valence-electron chi connectivity index (χ4n) is 3.56. The number of hydrogen-bond acceptors (Lipinski definition) is 6. The van der Waals surface area contributed by atoms with Crippen LogP contribution in [0.5, 0.6) is 11.5 Å². The molecule has 0 saturated carbocycles. The molecule has 0 aromatic heterocycles. The highest BCUT2D eigenvalue weighted by Gasteiger charge is 2.35. The number of hydrogen-bond donors (Lipinski definition) is 1. The highest BCUT2D eigenvalue weighted by Crippen LogP contribution is 2.36. The average molecular weight is 581 g/mol. The van der Waals surface area contributed by atoms with E-state index in [0.717, 1.165) is 27.4 Å². The molecule has 1 N–H and O–H groups in total. The summed E-state index contributed by atoms with van der Waals surface area (Å²) in [6, 6.07) is 20.1. The summed E-state index contributed by atoms with van der Waals surface area (Å²) < 4.78 is 12.3. The number of nitrogens with one attached hydrogen (secondary N) is 1. The second kappa shape index (κ2) is 12.1. The highest BCUT2D eigenvalue weighted by atomic mass is 79.9. The SMILES string of the molecule is CCOc1cc(/C=C2\SC(=O)N(Cc3ccccc3Br)C2=O)ccc1OCC(=O)Nc1ccc(C)cc1. The molecule has 1 saturated heterocycles. The number of benzene rings is 3. The quantitative estimate of drug-likeness (QED) is 0.294. The summed E-state index contributed by atoms with van der Waals surface area (Å²) in [6.07, 6.45) is 1.65. The van der Waals surface area contributed by atoms with E-state index in [9.17, 15) is 14.4 Å². The lowest BCUT2D eigenvalue weighted by molar-refractivity contribution is -0.123. The number of imide groups is 1. The number of aryl methyl sites for hydroxylation is 1. The van der Waals surface area contributed by atoms with Gasteiger partial charge < -0.3 is 14.8 Å². The number of carbonyl (C=O) groups excluding carboxylic acids is 3. The van der Waals surface area contributed by atoms with Gasteiger partial charge in [-0.2, -0.15) is 0 Å². The normalized spacial score (nSPS) is 14.2. The molecule has 0 aliphatic carbocycles. The van der Waals surface area contributed by atoms with Gasteiger partial charge in [0.1, 0.15) is 0 Å². The number of anilines is 1. The summed E-state index contributed by atoms with van der Waals surface area (Å²) in [7, 11) is 0. The van der Waals surface area contributed by atoms with Gasteiger partial charge in [0.15, 0.2) is 18.1 Å². The van der Waals surface area contributed by atoms with Crippen LogP contribution in [0.2, 0.25) is 0 Å². The number of nitrogens with zero attached hydrogens (tertiary/aromatic N) is 1. The largest absolute Gasteiger partial charge is 0.490 e. The van der Waals surface area contributed by atoms with Crippen LogP contribution in [-0.2, 0) is 16.1 Å². The van der Waals surface area contributed by atoms with Crippen LogP contribution in [-0.4, -0.2) is 35.2 Å². The van der Waals surface area contributed by atoms with Gasteiger partial charge in [-0.25, -0.2) is 0 Å². The zero-order valence-corrected chi connectivity index (χ0v) is 22.7. The molecule has 1 aliphatic rings. The first-order chi connectivity index (χ1) is 17.8. The first-order valence-electron chi connectivity index (χ1n) is 11.6. The number of ether oxygens (including phenoxy) is 2. The number of carbonyl (C=O) groups is 3. The smallest absolute Gasteiger partial charge is 0.293 e. The van der Waals surface area contributed by atoms with Crippen molar-refractivity contribution in [1.82, 2.24) is 4.90 Å². The highest BCUT2D eigenvalue weighted by molar-refractivity contribution is 9.10. The van der Waals surface area contributed by atoms with Crippen LogP contribution in [0.3, 0.4) is 0 Å². The maximum atomic E-state index is 13.0. The molecule has 7 nitrogen and oxygen atoms in total. The minimum atomic E-state index is -0.350. The second-order valence-corrected chi connectivity index (χ2v) is 10.0. The second-order valence-electron chi connectivity index (χ2n) is 8.20. The molecule has 0 atom stereocenters. The summed E-state index contributed by atoms with van der Waals surface area (Å²) in [6.45, 7) is 4.19. The summed E-state index contributed by atoms with van der Waals surface area (Å²) in [4.78, 5) is 39.4. The Morgan fingerprint density at radius 3 is 2.51 bits per heavy atom. The van der Waals surface area contributed by atoms with E-state index < -0.39 is 0 Å². The molecular weight excluding hydrogens is 556 g/mol. The molecule has 190 valence electrons. The van der Waals surface area contributed by atoms with Crippen LogP contribution in [0.25, 0.3) is 6.08 Å². The van der Waals surface area contributed by atoms with Crippen LogP contribution >= 0.6 is 27.7 Å². The molecule has 0 bridgehead atoms. The molecular formula is C28H25BrN2O5S. The monoisotopic (exact) mass is 580 g/mol. The Kier molecular flexibility index (Phi) is 8.68. The van der Waals surface area contributed by atoms with E-state index in [1.54, 1.807) is 24.3 Å². The van der Waals surface area contributed by atoms with Crippen molar-refractivity contribution in [2.45, 2.75) is 20.4 Å². The average Bonchev–Trinajstić information content (AvgIpc) is 3.13. The lowest BCUT2D eigenvalue weighted by Gasteiger charge is -2.14. The van der Waals surface area contributed by atoms with Crippen molar-refractivity contribution < 1.29 is 23.9 Å². The van der Waals surface area contributed by atoms with E-state index in [2.05, 4.69) is 21.2 Å². The first-order valence-corrected chi connectivity index (χ1v) is 13.2. The van der Waals surface area contributed by atoms with E-state index in [1.807, 2.05) is 62.4 Å². The van der Waals surface area contributed by atoms with Gasteiger partial charge in [-0.05, 0) is 73.1 Å². The molecule has 0 spiro atoms. The van der Waals surface area contributed by atoms with E-state index in [1.165, 1.54) is 4.90 Å². The first kappa shape index (κ1) is 26.5. The summed E-state index contributed by atoms with van der Waals surface area (Å²) in [5.41, 5.74) is 3.31. The molecule has 1 heterocycles. The number of rotatable bonds is 9. The van der Waals surface area contributed by atoms with Crippen LogP contribution in [0.15, 0.2) is 76.1 Å². The Bertz CT molecular complexity index is 1360. The fraction of sp³-hybridized carbons (Fsp3) is 0.179. The lowest BCUT2D eigenvalue weighted by atomic mass is 10.1. The third-order valence-electron chi connectivity index (χ3n) is 5.42. The number of thioether (sulfide) groups is 1.